The van der Waals surface area contributed by atoms with Gasteiger partial charge in [0.25, 0.3) is 0 Å². The van der Waals surface area contributed by atoms with E-state index in [4.69, 9.17) is 9.47 Å². The number of thioether (sulfide) groups is 1. The van der Waals surface area contributed by atoms with Gasteiger partial charge < -0.3 is 14.4 Å². The second-order valence-electron chi connectivity index (χ2n) is 6.48. The maximum atomic E-state index is 12.8. The molecule has 5 nitrogen and oxygen atoms in total. The molecule has 0 N–H and O–H groups in total. The lowest BCUT2D eigenvalue weighted by atomic mass is 10.0. The zero-order valence-corrected chi connectivity index (χ0v) is 16.7. The third-order valence-corrected chi connectivity index (χ3v) is 5.80. The summed E-state index contributed by atoms with van der Waals surface area (Å²) in [7, 11) is 3.30. The Morgan fingerprint density at radius 1 is 1.26 bits per heavy atom. The van der Waals surface area contributed by atoms with Crippen molar-refractivity contribution in [2.75, 3.05) is 26.5 Å². The maximum Gasteiger partial charge on any atom is 0.223 e. The topological polar surface area (TPSA) is 51.7 Å². The van der Waals surface area contributed by atoms with Crippen molar-refractivity contribution in [3.8, 4) is 11.5 Å². The Morgan fingerprint density at radius 2 is 2.15 bits per heavy atom. The molecule has 1 aromatic heterocycles. The van der Waals surface area contributed by atoms with Crippen LogP contribution in [0.5, 0.6) is 11.5 Å². The monoisotopic (exact) mass is 386 g/mol. The van der Waals surface area contributed by atoms with E-state index in [1.165, 1.54) is 0 Å². The smallest absolute Gasteiger partial charge is 0.223 e. The molecule has 3 rings (SSSR count). The van der Waals surface area contributed by atoms with Gasteiger partial charge in [0.15, 0.2) is 0 Å². The van der Waals surface area contributed by atoms with Gasteiger partial charge in [-0.3, -0.25) is 9.78 Å². The van der Waals surface area contributed by atoms with Gasteiger partial charge in [0.1, 0.15) is 11.5 Å². The first-order valence-electron chi connectivity index (χ1n) is 9.22. The summed E-state index contributed by atoms with van der Waals surface area (Å²) in [5, 5.41) is 0. The number of hydrogen-bond donors (Lipinski definition) is 0. The lowest BCUT2D eigenvalue weighted by Crippen LogP contribution is -2.31. The Balaban J connectivity index is 1.58. The number of ether oxygens (including phenoxy) is 2. The van der Waals surface area contributed by atoms with Crippen molar-refractivity contribution < 1.29 is 14.3 Å². The summed E-state index contributed by atoms with van der Waals surface area (Å²) in [4.78, 5) is 19.1. The molecule has 1 saturated heterocycles. The highest BCUT2D eigenvalue weighted by molar-refractivity contribution is 7.98. The third kappa shape index (κ3) is 4.95. The fraction of sp³-hybridized carbons (Fsp3) is 0.429. The van der Waals surface area contributed by atoms with Crippen molar-refractivity contribution in [2.45, 2.75) is 31.1 Å². The van der Waals surface area contributed by atoms with Gasteiger partial charge in [0.05, 0.1) is 26.0 Å². The molecule has 6 heteroatoms. The van der Waals surface area contributed by atoms with Gasteiger partial charge >= 0.3 is 0 Å². The summed E-state index contributed by atoms with van der Waals surface area (Å²) >= 11 is 1.75. The predicted octanol–water partition coefficient (Wildman–Crippen LogP) is 4.09. The first-order chi connectivity index (χ1) is 13.2. The zero-order valence-electron chi connectivity index (χ0n) is 15.9. The number of carbonyl (C=O) groups is 1. The van der Waals surface area contributed by atoms with Crippen LogP contribution in [0.2, 0.25) is 0 Å². The second-order valence-corrected chi connectivity index (χ2v) is 7.58. The summed E-state index contributed by atoms with van der Waals surface area (Å²) < 4.78 is 10.8. The van der Waals surface area contributed by atoms with E-state index in [0.29, 0.717) is 6.42 Å². The Bertz CT molecular complexity index is 754. The van der Waals surface area contributed by atoms with Gasteiger partial charge in [-0.1, -0.05) is 6.07 Å². The minimum Gasteiger partial charge on any atom is -0.497 e. The van der Waals surface area contributed by atoms with Crippen molar-refractivity contribution in [3.05, 3.63) is 53.9 Å². The van der Waals surface area contributed by atoms with E-state index in [9.17, 15) is 4.79 Å². The van der Waals surface area contributed by atoms with Crippen LogP contribution in [0, 0.1) is 0 Å². The quantitative estimate of drug-likeness (QED) is 0.640. The van der Waals surface area contributed by atoms with Crippen LogP contribution >= 0.6 is 11.8 Å². The van der Waals surface area contributed by atoms with E-state index >= 15 is 0 Å². The normalized spacial score (nSPS) is 16.4. The van der Waals surface area contributed by atoms with Gasteiger partial charge in [-0.2, -0.15) is 11.8 Å². The van der Waals surface area contributed by atoms with Gasteiger partial charge in [0, 0.05) is 42.3 Å². The number of methoxy groups -OCH3 is 2. The Labute approximate surface area is 165 Å². The molecule has 1 aliphatic rings. The van der Waals surface area contributed by atoms with E-state index in [-0.39, 0.29) is 11.9 Å². The lowest BCUT2D eigenvalue weighted by Gasteiger charge is -2.26. The first-order valence-corrected chi connectivity index (χ1v) is 10.4. The molecule has 0 radical (unpaired) electrons. The molecule has 0 spiro atoms. The van der Waals surface area contributed by atoms with Crippen LogP contribution in [0.1, 0.15) is 36.6 Å². The van der Waals surface area contributed by atoms with Crippen molar-refractivity contribution in [1.29, 1.82) is 0 Å². The number of benzene rings is 1. The largest absolute Gasteiger partial charge is 0.497 e. The van der Waals surface area contributed by atoms with Crippen LogP contribution in [-0.2, 0) is 10.5 Å². The molecular weight excluding hydrogens is 360 g/mol. The van der Waals surface area contributed by atoms with Crippen molar-refractivity contribution in [3.63, 3.8) is 0 Å². The van der Waals surface area contributed by atoms with Crippen molar-refractivity contribution >= 4 is 17.7 Å². The highest BCUT2D eigenvalue weighted by Gasteiger charge is 2.31. The SMILES string of the molecule is COc1ccc([C@@H]2CCCN2C(=O)CCSCc2ccccn2)c(OC)c1. The molecule has 1 atom stereocenters. The van der Waals surface area contributed by atoms with E-state index < -0.39 is 0 Å². The Hall–Kier alpha value is -2.21. The van der Waals surface area contributed by atoms with Crippen LogP contribution in [0.25, 0.3) is 0 Å². The van der Waals surface area contributed by atoms with Gasteiger partial charge in [-0.15, -0.1) is 0 Å². The number of amides is 1. The molecule has 0 saturated carbocycles. The molecule has 0 unspecified atom stereocenters. The van der Waals surface area contributed by atoms with Gasteiger partial charge in [0.2, 0.25) is 5.91 Å². The average molecular weight is 387 g/mol. The van der Waals surface area contributed by atoms with E-state index in [2.05, 4.69) is 4.98 Å². The van der Waals surface area contributed by atoms with Gasteiger partial charge in [-0.25, -0.2) is 0 Å². The fourth-order valence-electron chi connectivity index (χ4n) is 3.45. The second kappa shape index (κ2) is 9.65. The Morgan fingerprint density at radius 3 is 2.89 bits per heavy atom. The third-order valence-electron chi connectivity index (χ3n) is 4.81. The summed E-state index contributed by atoms with van der Waals surface area (Å²) in [6.45, 7) is 0.809. The summed E-state index contributed by atoms with van der Waals surface area (Å²) in [6, 6.07) is 11.8. The zero-order chi connectivity index (χ0) is 19.1. The first kappa shape index (κ1) is 19.5. The van der Waals surface area contributed by atoms with Crippen LogP contribution in [0.15, 0.2) is 42.6 Å². The highest BCUT2D eigenvalue weighted by atomic mass is 32.2. The van der Waals surface area contributed by atoms with Gasteiger partial charge in [-0.05, 0) is 37.1 Å². The van der Waals surface area contributed by atoms with E-state index in [1.54, 1.807) is 32.2 Å². The fourth-order valence-corrected chi connectivity index (χ4v) is 4.29. The summed E-state index contributed by atoms with van der Waals surface area (Å²) in [6.07, 6.45) is 4.34. The molecule has 1 amide bonds. The van der Waals surface area contributed by atoms with Crippen LogP contribution in [0.3, 0.4) is 0 Å². The molecule has 0 bridgehead atoms. The molecule has 2 aromatic rings. The van der Waals surface area contributed by atoms with Crippen LogP contribution < -0.4 is 9.47 Å². The highest BCUT2D eigenvalue weighted by Crippen LogP contribution is 2.39. The number of rotatable bonds is 8. The molecule has 1 aromatic carbocycles. The number of nitrogens with zero attached hydrogens (tertiary/aromatic N) is 2. The van der Waals surface area contributed by atoms with Crippen LogP contribution in [0.4, 0.5) is 0 Å². The number of pyridine rings is 1. The standard InChI is InChI=1S/C21H26N2O3S/c1-25-17-8-9-18(20(14-17)26-2)19-7-5-12-23(19)21(24)10-13-27-15-16-6-3-4-11-22-16/h3-4,6,8-9,11,14,19H,5,7,10,12-13,15H2,1-2H3/t19-/m0/s1. The van der Waals surface area contributed by atoms with Crippen molar-refractivity contribution in [1.82, 2.24) is 9.88 Å². The molecular formula is C21H26N2O3S. The number of hydrogen-bond acceptors (Lipinski definition) is 5. The summed E-state index contributed by atoms with van der Waals surface area (Å²) in [5.74, 6) is 3.40. The van der Waals surface area contributed by atoms with E-state index in [0.717, 1.165) is 53.6 Å². The van der Waals surface area contributed by atoms with Crippen LogP contribution in [-0.4, -0.2) is 42.3 Å². The number of aromatic nitrogens is 1. The van der Waals surface area contributed by atoms with Crippen molar-refractivity contribution in [2.24, 2.45) is 0 Å². The molecule has 0 aliphatic carbocycles. The number of likely N-dealkylation sites (tertiary alicyclic amines) is 1. The molecule has 1 fully saturated rings. The number of carbonyl (C=O) groups excluding carboxylic acids is 1. The Kier molecular flexibility index (Phi) is 6.98. The molecule has 144 valence electrons. The molecule has 2 heterocycles. The molecule has 27 heavy (non-hydrogen) atoms. The summed E-state index contributed by atoms with van der Waals surface area (Å²) in [5.41, 5.74) is 2.11. The average Bonchev–Trinajstić information content (AvgIpc) is 3.21. The predicted molar refractivity (Wildman–Crippen MR) is 108 cm³/mol. The lowest BCUT2D eigenvalue weighted by molar-refractivity contribution is -0.131. The van der Waals surface area contributed by atoms with E-state index in [1.807, 2.05) is 41.3 Å². The molecule has 1 aliphatic heterocycles. The minimum absolute atomic E-state index is 0.0825. The maximum absolute atomic E-state index is 12.8. The minimum atomic E-state index is 0.0825.